The number of guanidine groups is 1. The van der Waals surface area contributed by atoms with Gasteiger partial charge in [0.25, 0.3) is 0 Å². The predicted molar refractivity (Wildman–Crippen MR) is 110 cm³/mol. The second-order valence-corrected chi connectivity index (χ2v) is 7.86. The molecule has 0 saturated heterocycles. The van der Waals surface area contributed by atoms with Crippen LogP contribution < -0.4 is 14.8 Å². The first-order valence-electron chi connectivity index (χ1n) is 8.94. The van der Waals surface area contributed by atoms with Crippen LogP contribution in [-0.4, -0.2) is 64.6 Å². The first-order valence-corrected chi connectivity index (χ1v) is 10.4. The zero-order valence-electron chi connectivity index (χ0n) is 16.4. The molecule has 2 N–H and O–H groups in total. The minimum atomic E-state index is -3.56. The Bertz CT molecular complexity index is 872. The number of aliphatic imine (C=N–C) groups is 1. The summed E-state index contributed by atoms with van der Waals surface area (Å²) < 4.78 is 32.6. The second kappa shape index (κ2) is 10.6. The lowest BCUT2D eigenvalue weighted by molar-refractivity contribution is 0.280. The van der Waals surface area contributed by atoms with Crippen molar-refractivity contribution in [3.05, 3.63) is 54.4 Å². The fraction of sp³-hybridized carbons (Fsp3) is 0.368. The van der Waals surface area contributed by atoms with Gasteiger partial charge in [0.15, 0.2) is 5.96 Å². The summed E-state index contributed by atoms with van der Waals surface area (Å²) in [6.45, 7) is 3.77. The molecule has 1 aromatic heterocycles. The Hall–Kier alpha value is -2.65. The van der Waals surface area contributed by atoms with Gasteiger partial charge < -0.3 is 15.0 Å². The van der Waals surface area contributed by atoms with E-state index in [2.05, 4.69) is 20.0 Å². The zero-order valence-corrected chi connectivity index (χ0v) is 17.2. The molecule has 28 heavy (non-hydrogen) atoms. The number of sulfonamides is 1. The summed E-state index contributed by atoms with van der Waals surface area (Å²) in [5.74, 6) is 1.53. The molecule has 0 spiro atoms. The molecule has 0 fully saturated rings. The zero-order chi connectivity index (χ0) is 20.4. The average molecular weight is 406 g/mol. The van der Waals surface area contributed by atoms with E-state index in [4.69, 9.17) is 4.74 Å². The summed E-state index contributed by atoms with van der Waals surface area (Å²) in [6.07, 6.45) is 2.85. The highest BCUT2D eigenvalue weighted by molar-refractivity contribution is 7.89. The predicted octanol–water partition coefficient (Wildman–Crippen LogP) is 1.25. The molecule has 0 atom stereocenters. The van der Waals surface area contributed by atoms with Gasteiger partial charge in [0.1, 0.15) is 17.3 Å². The van der Waals surface area contributed by atoms with Gasteiger partial charge in [-0.1, -0.05) is 18.2 Å². The van der Waals surface area contributed by atoms with E-state index >= 15 is 0 Å². The summed E-state index contributed by atoms with van der Waals surface area (Å²) in [5.41, 5.74) is 1.09. The topological polar surface area (TPSA) is 95.9 Å². The fourth-order valence-corrected chi connectivity index (χ4v) is 3.45. The standard InChI is InChI=1S/C19H27N5O3S/c1-16-7-4-5-9-18(16)27-14-13-24(3)19(20-2)22-11-12-23-28(25,26)17-8-6-10-21-15-17/h4-10,15,23H,11-14H2,1-3H3,(H,20,22). The van der Waals surface area contributed by atoms with E-state index in [1.165, 1.54) is 18.5 Å². The van der Waals surface area contributed by atoms with Gasteiger partial charge in [-0.2, -0.15) is 0 Å². The van der Waals surface area contributed by atoms with Crippen LogP contribution in [-0.2, 0) is 10.0 Å². The number of para-hydroxylation sites is 1. The summed E-state index contributed by atoms with van der Waals surface area (Å²) in [6, 6.07) is 11.0. The Morgan fingerprint density at radius 3 is 2.68 bits per heavy atom. The highest BCUT2D eigenvalue weighted by Crippen LogP contribution is 2.15. The molecule has 0 aliphatic rings. The van der Waals surface area contributed by atoms with Crippen molar-refractivity contribution in [3.63, 3.8) is 0 Å². The summed E-state index contributed by atoms with van der Waals surface area (Å²) in [7, 11) is 0.0205. The lowest BCUT2D eigenvalue weighted by Gasteiger charge is -2.22. The van der Waals surface area contributed by atoms with Crippen molar-refractivity contribution in [2.24, 2.45) is 4.99 Å². The number of rotatable bonds is 9. The molecule has 9 heteroatoms. The smallest absolute Gasteiger partial charge is 0.242 e. The molecule has 0 aliphatic carbocycles. The van der Waals surface area contributed by atoms with Crippen molar-refractivity contribution in [1.29, 1.82) is 0 Å². The van der Waals surface area contributed by atoms with Crippen molar-refractivity contribution >= 4 is 16.0 Å². The Kier molecular flexibility index (Phi) is 8.21. The maximum absolute atomic E-state index is 12.1. The van der Waals surface area contributed by atoms with Crippen LogP contribution in [0.3, 0.4) is 0 Å². The molecular weight excluding hydrogens is 378 g/mol. The number of likely N-dealkylation sites (N-methyl/N-ethyl adjacent to an activating group) is 1. The average Bonchev–Trinajstić information content (AvgIpc) is 2.70. The van der Waals surface area contributed by atoms with E-state index in [0.29, 0.717) is 25.7 Å². The Balaban J connectivity index is 1.74. The Labute approximate surface area is 166 Å². The van der Waals surface area contributed by atoms with Crippen LogP contribution in [0.15, 0.2) is 58.7 Å². The van der Waals surface area contributed by atoms with Crippen LogP contribution in [0.4, 0.5) is 0 Å². The van der Waals surface area contributed by atoms with E-state index in [9.17, 15) is 8.42 Å². The van der Waals surface area contributed by atoms with Gasteiger partial charge in [0, 0.05) is 39.6 Å². The molecular formula is C19H27N5O3S. The van der Waals surface area contributed by atoms with Crippen molar-refractivity contribution < 1.29 is 13.2 Å². The lowest BCUT2D eigenvalue weighted by Crippen LogP contribution is -2.43. The highest BCUT2D eigenvalue weighted by Gasteiger charge is 2.13. The number of ether oxygens (including phenoxy) is 1. The number of nitrogens with one attached hydrogen (secondary N) is 2. The lowest BCUT2D eigenvalue weighted by atomic mass is 10.2. The Morgan fingerprint density at radius 1 is 1.21 bits per heavy atom. The van der Waals surface area contributed by atoms with Gasteiger partial charge in [0.2, 0.25) is 10.0 Å². The summed E-state index contributed by atoms with van der Waals surface area (Å²) in [4.78, 5) is 10.1. The van der Waals surface area contributed by atoms with Crippen molar-refractivity contribution in [1.82, 2.24) is 19.9 Å². The molecule has 0 unspecified atom stereocenters. The molecule has 0 saturated carbocycles. The number of hydrogen-bond donors (Lipinski definition) is 2. The van der Waals surface area contributed by atoms with Crippen molar-refractivity contribution in [2.75, 3.05) is 40.3 Å². The third-order valence-corrected chi connectivity index (χ3v) is 5.44. The summed E-state index contributed by atoms with van der Waals surface area (Å²) >= 11 is 0. The molecule has 8 nitrogen and oxygen atoms in total. The maximum Gasteiger partial charge on any atom is 0.242 e. The number of nitrogens with zero attached hydrogens (tertiary/aromatic N) is 3. The molecule has 152 valence electrons. The molecule has 2 aromatic rings. The summed E-state index contributed by atoms with van der Waals surface area (Å²) in [5, 5.41) is 3.13. The van der Waals surface area contributed by atoms with Crippen LogP contribution in [0.25, 0.3) is 0 Å². The monoisotopic (exact) mass is 405 g/mol. The van der Waals surface area contributed by atoms with E-state index in [0.717, 1.165) is 11.3 Å². The van der Waals surface area contributed by atoms with Crippen LogP contribution in [0.5, 0.6) is 5.75 Å². The second-order valence-electron chi connectivity index (χ2n) is 6.10. The quantitative estimate of drug-likeness (QED) is 0.370. The van der Waals surface area contributed by atoms with Gasteiger partial charge in [-0.3, -0.25) is 9.98 Å². The van der Waals surface area contributed by atoms with Gasteiger partial charge in [-0.15, -0.1) is 0 Å². The van der Waals surface area contributed by atoms with Crippen LogP contribution in [0.2, 0.25) is 0 Å². The molecule has 0 amide bonds. The van der Waals surface area contributed by atoms with Crippen LogP contribution >= 0.6 is 0 Å². The molecule has 0 bridgehead atoms. The minimum Gasteiger partial charge on any atom is -0.491 e. The van der Waals surface area contributed by atoms with E-state index < -0.39 is 10.0 Å². The number of pyridine rings is 1. The van der Waals surface area contributed by atoms with E-state index in [1.807, 2.05) is 43.1 Å². The molecule has 0 radical (unpaired) electrons. The molecule has 2 rings (SSSR count). The SMILES string of the molecule is CN=C(NCCNS(=O)(=O)c1cccnc1)N(C)CCOc1ccccc1C. The van der Waals surface area contributed by atoms with Crippen LogP contribution in [0.1, 0.15) is 5.56 Å². The van der Waals surface area contributed by atoms with Gasteiger partial charge in [-0.05, 0) is 30.7 Å². The molecule has 0 aliphatic heterocycles. The normalized spacial score (nSPS) is 11.9. The first-order chi connectivity index (χ1) is 13.4. The molecule has 1 heterocycles. The largest absolute Gasteiger partial charge is 0.491 e. The number of benzene rings is 1. The van der Waals surface area contributed by atoms with Gasteiger partial charge in [-0.25, -0.2) is 13.1 Å². The number of aryl methyl sites for hydroxylation is 1. The maximum atomic E-state index is 12.1. The van der Waals surface area contributed by atoms with Gasteiger partial charge in [0.05, 0.1) is 6.54 Å². The molecule has 1 aromatic carbocycles. The van der Waals surface area contributed by atoms with Crippen LogP contribution in [0, 0.1) is 6.92 Å². The first kappa shape index (κ1) is 21.6. The van der Waals surface area contributed by atoms with Crippen molar-refractivity contribution in [3.8, 4) is 5.75 Å². The fourth-order valence-electron chi connectivity index (χ4n) is 2.45. The van der Waals surface area contributed by atoms with Gasteiger partial charge >= 0.3 is 0 Å². The number of hydrogen-bond acceptors (Lipinski definition) is 5. The van der Waals surface area contributed by atoms with Crippen molar-refractivity contribution in [2.45, 2.75) is 11.8 Å². The minimum absolute atomic E-state index is 0.143. The number of aromatic nitrogens is 1. The third kappa shape index (κ3) is 6.50. The third-order valence-electron chi connectivity index (χ3n) is 4.00. The highest BCUT2D eigenvalue weighted by atomic mass is 32.2. The van der Waals surface area contributed by atoms with E-state index in [1.54, 1.807) is 13.1 Å². The Morgan fingerprint density at radius 2 is 2.00 bits per heavy atom. The van der Waals surface area contributed by atoms with E-state index in [-0.39, 0.29) is 11.4 Å².